The van der Waals surface area contributed by atoms with Crippen LogP contribution in [0.3, 0.4) is 0 Å². The Hall–Kier alpha value is -1.00. The Morgan fingerprint density at radius 2 is 1.87 bits per heavy atom. The van der Waals surface area contributed by atoms with E-state index in [1.54, 1.807) is 24.3 Å². The number of aliphatic hydroxyl groups is 1. The van der Waals surface area contributed by atoms with Crippen LogP contribution in [-0.4, -0.2) is 17.6 Å². The topological polar surface area (TPSA) is 46.2 Å². The Labute approximate surface area is 87.7 Å². The van der Waals surface area contributed by atoms with E-state index in [-0.39, 0.29) is 0 Å². The van der Waals surface area contributed by atoms with Crippen molar-refractivity contribution in [2.45, 2.75) is 25.3 Å². The molecule has 0 amide bonds. The molecule has 0 aliphatic heterocycles. The number of aliphatic hydroxyl groups excluding tert-OH is 1. The first-order chi connectivity index (χ1) is 7.01. The van der Waals surface area contributed by atoms with Crippen molar-refractivity contribution in [1.82, 2.24) is 0 Å². The fourth-order valence-electron chi connectivity index (χ4n) is 1.30. The third kappa shape index (κ3) is 2.73. The Kier molecular flexibility index (Phi) is 3.77. The Balaban J connectivity index is 2.87. The molecule has 0 fully saturated rings. The van der Waals surface area contributed by atoms with Crippen LogP contribution in [0.1, 0.15) is 24.1 Å². The lowest BCUT2D eigenvalue weighted by molar-refractivity contribution is -0.0711. The highest BCUT2D eigenvalue weighted by atomic mass is 19.3. The molecule has 0 spiro atoms. The number of benzene rings is 1. The molecule has 0 radical (unpaired) electrons. The zero-order valence-electron chi connectivity index (χ0n) is 8.58. The number of rotatable bonds is 4. The third-order valence-corrected chi connectivity index (χ3v) is 2.41. The van der Waals surface area contributed by atoms with Gasteiger partial charge in [0.05, 0.1) is 6.04 Å². The Bertz CT molecular complexity index is 311. The quantitative estimate of drug-likeness (QED) is 0.805. The van der Waals surface area contributed by atoms with Gasteiger partial charge in [-0.25, -0.2) is 8.78 Å². The minimum absolute atomic E-state index is 0.339. The molecule has 0 bridgehead atoms. The molecule has 0 saturated carbocycles. The smallest absolute Gasteiger partial charge is 0.289 e. The van der Waals surface area contributed by atoms with Gasteiger partial charge in [0, 0.05) is 0 Å². The van der Waals surface area contributed by atoms with Crippen molar-refractivity contribution in [3.8, 4) is 0 Å². The number of alkyl halides is 2. The summed E-state index contributed by atoms with van der Waals surface area (Å²) < 4.78 is 26.1. The van der Waals surface area contributed by atoms with E-state index in [9.17, 15) is 8.78 Å². The van der Waals surface area contributed by atoms with Crippen LogP contribution in [0.4, 0.5) is 8.78 Å². The molecular weight excluding hydrogens is 200 g/mol. The van der Waals surface area contributed by atoms with Crippen LogP contribution < -0.4 is 5.73 Å². The summed E-state index contributed by atoms with van der Waals surface area (Å²) in [4.78, 5) is 0. The lowest BCUT2D eigenvalue weighted by Gasteiger charge is -2.21. The summed E-state index contributed by atoms with van der Waals surface area (Å²) in [6.45, 7) is 0.751. The third-order valence-electron chi connectivity index (χ3n) is 2.41. The number of halogens is 2. The van der Waals surface area contributed by atoms with Crippen LogP contribution in [0.25, 0.3) is 0 Å². The minimum Gasteiger partial charge on any atom is -0.390 e. The zero-order chi connectivity index (χ0) is 11.5. The molecule has 1 aromatic carbocycles. The molecule has 0 aromatic heterocycles. The van der Waals surface area contributed by atoms with Crippen molar-refractivity contribution >= 4 is 0 Å². The van der Waals surface area contributed by atoms with E-state index in [2.05, 4.69) is 0 Å². The average Bonchev–Trinajstić information content (AvgIpc) is 2.28. The second-order valence-electron chi connectivity index (χ2n) is 3.49. The predicted octanol–water partition coefficient (Wildman–Crippen LogP) is 1.88. The summed E-state index contributed by atoms with van der Waals surface area (Å²) in [7, 11) is 0. The summed E-state index contributed by atoms with van der Waals surface area (Å²) in [5.41, 5.74) is 6.77. The molecule has 4 heteroatoms. The van der Waals surface area contributed by atoms with Crippen LogP contribution in [0.2, 0.25) is 0 Å². The predicted molar refractivity (Wildman–Crippen MR) is 54.8 cm³/mol. The SMILES string of the molecule is CCc1ccc([C@@H](N)C(F)(F)CO)cc1. The van der Waals surface area contributed by atoms with E-state index >= 15 is 0 Å². The van der Waals surface area contributed by atoms with Crippen molar-refractivity contribution in [1.29, 1.82) is 0 Å². The molecular formula is C11H15F2NO. The van der Waals surface area contributed by atoms with E-state index < -0.39 is 18.6 Å². The number of aryl methyl sites for hydroxylation is 1. The van der Waals surface area contributed by atoms with Gasteiger partial charge in [-0.1, -0.05) is 31.2 Å². The molecule has 0 heterocycles. The highest BCUT2D eigenvalue weighted by Crippen LogP contribution is 2.28. The van der Waals surface area contributed by atoms with Crippen molar-refractivity contribution in [2.75, 3.05) is 6.61 Å². The second-order valence-corrected chi connectivity index (χ2v) is 3.49. The first-order valence-electron chi connectivity index (χ1n) is 4.84. The first-order valence-corrected chi connectivity index (χ1v) is 4.84. The normalized spacial score (nSPS) is 13.9. The van der Waals surface area contributed by atoms with Crippen LogP contribution in [0, 0.1) is 0 Å². The summed E-state index contributed by atoms with van der Waals surface area (Å²) in [6, 6.07) is 5.24. The average molecular weight is 215 g/mol. The standard InChI is InChI=1S/C11H15F2NO/c1-2-8-3-5-9(6-4-8)10(14)11(12,13)7-15/h3-6,10,15H,2,7,14H2,1H3/t10-/m1/s1. The van der Waals surface area contributed by atoms with E-state index in [4.69, 9.17) is 10.8 Å². The molecule has 84 valence electrons. The largest absolute Gasteiger partial charge is 0.390 e. The highest BCUT2D eigenvalue weighted by molar-refractivity contribution is 5.26. The maximum absolute atomic E-state index is 13.0. The molecule has 2 nitrogen and oxygen atoms in total. The number of hydrogen-bond donors (Lipinski definition) is 2. The van der Waals surface area contributed by atoms with Crippen molar-refractivity contribution < 1.29 is 13.9 Å². The molecule has 0 aliphatic rings. The van der Waals surface area contributed by atoms with Crippen LogP contribution in [0.5, 0.6) is 0 Å². The molecule has 0 aliphatic carbocycles. The van der Waals surface area contributed by atoms with E-state index in [1.165, 1.54) is 0 Å². The van der Waals surface area contributed by atoms with Crippen LogP contribution in [-0.2, 0) is 6.42 Å². The van der Waals surface area contributed by atoms with Gasteiger partial charge in [-0.2, -0.15) is 0 Å². The van der Waals surface area contributed by atoms with Gasteiger partial charge in [-0.15, -0.1) is 0 Å². The van der Waals surface area contributed by atoms with E-state index in [0.29, 0.717) is 5.56 Å². The fourth-order valence-corrected chi connectivity index (χ4v) is 1.30. The van der Waals surface area contributed by atoms with Gasteiger partial charge in [0.25, 0.3) is 5.92 Å². The molecule has 1 aromatic rings. The fraction of sp³-hybridized carbons (Fsp3) is 0.455. The monoisotopic (exact) mass is 215 g/mol. The van der Waals surface area contributed by atoms with E-state index in [0.717, 1.165) is 12.0 Å². The molecule has 1 atom stereocenters. The van der Waals surface area contributed by atoms with Crippen molar-refractivity contribution in [3.63, 3.8) is 0 Å². The van der Waals surface area contributed by atoms with E-state index in [1.807, 2.05) is 6.92 Å². The van der Waals surface area contributed by atoms with Crippen LogP contribution in [0.15, 0.2) is 24.3 Å². The molecule has 15 heavy (non-hydrogen) atoms. The number of hydrogen-bond acceptors (Lipinski definition) is 2. The zero-order valence-corrected chi connectivity index (χ0v) is 8.58. The van der Waals surface area contributed by atoms with Gasteiger partial charge in [0.2, 0.25) is 0 Å². The molecule has 3 N–H and O–H groups in total. The highest BCUT2D eigenvalue weighted by Gasteiger charge is 2.37. The van der Waals surface area contributed by atoms with Crippen molar-refractivity contribution in [3.05, 3.63) is 35.4 Å². The van der Waals surface area contributed by atoms with Gasteiger partial charge in [-0.05, 0) is 17.5 Å². The maximum Gasteiger partial charge on any atom is 0.289 e. The summed E-state index contributed by atoms with van der Waals surface area (Å²) in [5, 5.41) is 8.50. The maximum atomic E-state index is 13.0. The second kappa shape index (κ2) is 4.68. The lowest BCUT2D eigenvalue weighted by Crippen LogP contribution is -2.36. The molecule has 0 saturated heterocycles. The Morgan fingerprint density at radius 3 is 2.27 bits per heavy atom. The van der Waals surface area contributed by atoms with Gasteiger partial charge in [0.15, 0.2) is 0 Å². The first kappa shape index (κ1) is 12.1. The molecule has 1 rings (SSSR count). The Morgan fingerprint density at radius 1 is 1.33 bits per heavy atom. The summed E-state index contributed by atoms with van der Waals surface area (Å²) >= 11 is 0. The molecule has 0 unspecified atom stereocenters. The minimum atomic E-state index is -3.27. The summed E-state index contributed by atoms with van der Waals surface area (Å²) in [6.07, 6.45) is 0.853. The van der Waals surface area contributed by atoms with Gasteiger partial charge in [0.1, 0.15) is 6.61 Å². The number of nitrogens with two attached hydrogens (primary N) is 1. The van der Waals surface area contributed by atoms with Crippen LogP contribution >= 0.6 is 0 Å². The van der Waals surface area contributed by atoms with Crippen molar-refractivity contribution in [2.24, 2.45) is 5.73 Å². The van der Waals surface area contributed by atoms with Gasteiger partial charge in [-0.3, -0.25) is 0 Å². The van der Waals surface area contributed by atoms with Gasteiger partial charge < -0.3 is 10.8 Å². The lowest BCUT2D eigenvalue weighted by atomic mass is 10.00. The van der Waals surface area contributed by atoms with Gasteiger partial charge >= 0.3 is 0 Å². The summed E-state index contributed by atoms with van der Waals surface area (Å²) in [5.74, 6) is -3.27.